The molecule has 2 aliphatic carbocycles. The summed E-state index contributed by atoms with van der Waals surface area (Å²) in [6.07, 6.45) is 0. The maximum atomic E-state index is 5.32. The minimum Gasteiger partial charge on any atom is -0.208 e. The first-order valence-electron chi connectivity index (χ1n) is 23.7. The van der Waals surface area contributed by atoms with Crippen LogP contribution in [0.4, 0.5) is 0 Å². The summed E-state index contributed by atoms with van der Waals surface area (Å²) in [4.78, 5) is 15.7. The number of nitrogens with zero attached hydrogens (tertiary/aromatic N) is 3. The van der Waals surface area contributed by atoms with Crippen LogP contribution in [-0.4, -0.2) is 15.0 Å². The second-order valence-corrected chi connectivity index (χ2v) is 19.6. The molecule has 1 heterocycles. The third kappa shape index (κ3) is 6.30. The van der Waals surface area contributed by atoms with Crippen molar-refractivity contribution in [2.24, 2.45) is 0 Å². The van der Waals surface area contributed by atoms with Crippen LogP contribution in [0.3, 0.4) is 0 Å². The monoisotopic (exact) mass is 869 g/mol. The SMILES string of the molecule is CC1(C)c2cc(-c3cc(-c4ccc5c(c4)C(C)(C)c4ccc6ccccc6c4-5)cc(-c4nc(-c5ccccc5)nc(-c5ccc(-c6ccccc6)cc5)n4)c3)ccc2-c2c1ccc1ccccc21. The number of rotatable bonds is 6. The van der Waals surface area contributed by atoms with Gasteiger partial charge in [0.25, 0.3) is 0 Å². The lowest BCUT2D eigenvalue weighted by Gasteiger charge is -2.23. The van der Waals surface area contributed by atoms with Crippen LogP contribution in [0.15, 0.2) is 212 Å². The van der Waals surface area contributed by atoms with Gasteiger partial charge in [-0.3, -0.25) is 0 Å². The zero-order chi connectivity index (χ0) is 45.7. The van der Waals surface area contributed by atoms with Crippen molar-refractivity contribution in [3.05, 3.63) is 235 Å². The highest BCUT2D eigenvalue weighted by Crippen LogP contribution is 2.54. The van der Waals surface area contributed by atoms with Crippen molar-refractivity contribution < 1.29 is 0 Å². The molecule has 68 heavy (non-hydrogen) atoms. The van der Waals surface area contributed by atoms with Crippen LogP contribution in [0.25, 0.3) is 111 Å². The van der Waals surface area contributed by atoms with E-state index in [2.05, 4.69) is 216 Å². The van der Waals surface area contributed by atoms with E-state index in [0.717, 1.165) is 44.5 Å². The molecule has 0 atom stereocenters. The molecule has 10 aromatic carbocycles. The van der Waals surface area contributed by atoms with E-state index in [1.54, 1.807) is 0 Å². The second kappa shape index (κ2) is 15.1. The van der Waals surface area contributed by atoms with Crippen LogP contribution in [0.1, 0.15) is 49.9 Å². The Morgan fingerprint density at radius 2 is 0.632 bits per heavy atom. The van der Waals surface area contributed by atoms with Crippen LogP contribution in [0.2, 0.25) is 0 Å². The molecule has 11 aromatic rings. The molecule has 0 amide bonds. The number of benzene rings is 10. The van der Waals surface area contributed by atoms with Crippen LogP contribution < -0.4 is 0 Å². The number of hydrogen-bond donors (Lipinski definition) is 0. The van der Waals surface area contributed by atoms with Crippen LogP contribution in [0.5, 0.6) is 0 Å². The van der Waals surface area contributed by atoms with Gasteiger partial charge in [0, 0.05) is 27.5 Å². The normalized spacial score (nSPS) is 13.8. The maximum Gasteiger partial charge on any atom is 0.164 e. The summed E-state index contributed by atoms with van der Waals surface area (Å²) in [5, 5.41) is 5.14. The van der Waals surface area contributed by atoms with Crippen molar-refractivity contribution in [3.8, 4) is 89.8 Å². The van der Waals surface area contributed by atoms with E-state index in [1.807, 2.05) is 24.3 Å². The molecule has 0 aliphatic heterocycles. The molecular weight excluding hydrogens is 823 g/mol. The molecule has 322 valence electrons. The fourth-order valence-corrected chi connectivity index (χ4v) is 11.3. The molecule has 13 rings (SSSR count). The lowest BCUT2D eigenvalue weighted by atomic mass is 9.80. The zero-order valence-electron chi connectivity index (χ0n) is 38.5. The predicted molar refractivity (Wildman–Crippen MR) is 283 cm³/mol. The van der Waals surface area contributed by atoms with E-state index in [0.29, 0.717) is 17.5 Å². The Morgan fingerprint density at radius 3 is 1.13 bits per heavy atom. The summed E-state index contributed by atoms with van der Waals surface area (Å²) < 4.78 is 0. The first-order valence-corrected chi connectivity index (χ1v) is 23.7. The van der Waals surface area contributed by atoms with Crippen molar-refractivity contribution in [1.82, 2.24) is 15.0 Å². The van der Waals surface area contributed by atoms with Crippen molar-refractivity contribution in [3.63, 3.8) is 0 Å². The molecule has 3 nitrogen and oxygen atoms in total. The molecule has 1 aromatic heterocycles. The van der Waals surface area contributed by atoms with E-state index in [9.17, 15) is 0 Å². The topological polar surface area (TPSA) is 38.7 Å². The summed E-state index contributed by atoms with van der Waals surface area (Å²) in [5.41, 5.74) is 20.0. The van der Waals surface area contributed by atoms with Crippen LogP contribution in [-0.2, 0) is 10.8 Å². The van der Waals surface area contributed by atoms with Crippen molar-refractivity contribution in [1.29, 1.82) is 0 Å². The molecule has 0 saturated heterocycles. The fraction of sp³-hybridized carbons (Fsp3) is 0.0923. The Labute approximate surface area is 397 Å². The van der Waals surface area contributed by atoms with Gasteiger partial charge >= 0.3 is 0 Å². The Hall–Kier alpha value is -8.27. The molecule has 0 spiro atoms. The van der Waals surface area contributed by atoms with Gasteiger partial charge in [-0.05, 0) is 130 Å². The molecule has 0 fully saturated rings. The first kappa shape index (κ1) is 40.0. The molecule has 0 saturated carbocycles. The third-order valence-electron chi connectivity index (χ3n) is 14.9. The molecule has 2 aliphatic rings. The van der Waals surface area contributed by atoms with Gasteiger partial charge in [-0.25, -0.2) is 15.0 Å². The summed E-state index contributed by atoms with van der Waals surface area (Å²) in [6.45, 7) is 9.48. The number of hydrogen-bond acceptors (Lipinski definition) is 3. The van der Waals surface area contributed by atoms with Crippen LogP contribution in [0, 0.1) is 0 Å². The minimum absolute atomic E-state index is 0.181. The highest BCUT2D eigenvalue weighted by molar-refractivity contribution is 6.04. The Balaban J connectivity index is 1.01. The van der Waals surface area contributed by atoms with Gasteiger partial charge in [-0.15, -0.1) is 0 Å². The minimum atomic E-state index is -0.181. The van der Waals surface area contributed by atoms with Gasteiger partial charge in [-0.2, -0.15) is 0 Å². The highest BCUT2D eigenvalue weighted by Gasteiger charge is 2.38. The Kier molecular flexibility index (Phi) is 8.91. The van der Waals surface area contributed by atoms with Gasteiger partial charge < -0.3 is 0 Å². The van der Waals surface area contributed by atoms with Gasteiger partial charge in [0.05, 0.1) is 0 Å². The summed E-state index contributed by atoms with van der Waals surface area (Å²) >= 11 is 0. The lowest BCUT2D eigenvalue weighted by molar-refractivity contribution is 0.661. The number of fused-ring (bicyclic) bond motifs is 10. The van der Waals surface area contributed by atoms with Crippen LogP contribution >= 0.6 is 0 Å². The van der Waals surface area contributed by atoms with Gasteiger partial charge in [-0.1, -0.05) is 210 Å². The first-order chi connectivity index (χ1) is 33.2. The largest absolute Gasteiger partial charge is 0.208 e. The summed E-state index contributed by atoms with van der Waals surface area (Å²) in [5.74, 6) is 1.90. The molecule has 3 heteroatoms. The quantitative estimate of drug-likeness (QED) is 0.167. The molecule has 0 unspecified atom stereocenters. The highest BCUT2D eigenvalue weighted by atomic mass is 15.0. The summed E-state index contributed by atoms with van der Waals surface area (Å²) in [7, 11) is 0. The fourth-order valence-electron chi connectivity index (χ4n) is 11.3. The van der Waals surface area contributed by atoms with E-state index >= 15 is 0 Å². The standard InChI is InChI=1S/C65H47N3/c1-64(2)55-33-29-42-17-11-13-21-51(42)59(55)53-31-27-46(38-57(53)64)48-35-49(47-28-32-54-58(39-47)65(3,4)56-34-30-43-18-12-14-22-52(43)60(54)56)37-50(36-48)63-67-61(44-19-9-6-10-20-44)66-62(68-63)45-25-23-41(24-26-45)40-15-7-5-8-16-40/h5-39H,1-4H3. The maximum absolute atomic E-state index is 5.32. The average molecular weight is 870 g/mol. The molecule has 0 radical (unpaired) electrons. The smallest absolute Gasteiger partial charge is 0.164 e. The number of aromatic nitrogens is 3. The second-order valence-electron chi connectivity index (χ2n) is 19.6. The Bertz CT molecular complexity index is 3660. The molecule has 0 bridgehead atoms. The van der Waals surface area contributed by atoms with E-state index in [-0.39, 0.29) is 10.8 Å². The summed E-state index contributed by atoms with van der Waals surface area (Å²) in [6, 6.07) is 77.2. The van der Waals surface area contributed by atoms with Crippen molar-refractivity contribution in [2.75, 3.05) is 0 Å². The van der Waals surface area contributed by atoms with E-state index in [1.165, 1.54) is 71.6 Å². The lowest BCUT2D eigenvalue weighted by Crippen LogP contribution is -2.15. The van der Waals surface area contributed by atoms with Crippen molar-refractivity contribution in [2.45, 2.75) is 38.5 Å². The van der Waals surface area contributed by atoms with E-state index in [4.69, 9.17) is 15.0 Å². The predicted octanol–water partition coefficient (Wildman–Crippen LogP) is 16.8. The molecular formula is C65H47N3. The molecule has 0 N–H and O–H groups in total. The van der Waals surface area contributed by atoms with Gasteiger partial charge in [0.1, 0.15) is 0 Å². The van der Waals surface area contributed by atoms with Gasteiger partial charge in [0.15, 0.2) is 17.5 Å². The van der Waals surface area contributed by atoms with Gasteiger partial charge in [0.2, 0.25) is 0 Å². The Morgan fingerprint density at radius 1 is 0.265 bits per heavy atom. The van der Waals surface area contributed by atoms with E-state index < -0.39 is 0 Å². The van der Waals surface area contributed by atoms with Crippen molar-refractivity contribution >= 4 is 21.5 Å². The third-order valence-corrected chi connectivity index (χ3v) is 14.9. The average Bonchev–Trinajstić information content (AvgIpc) is 3.77. The zero-order valence-corrected chi connectivity index (χ0v) is 38.5.